The van der Waals surface area contributed by atoms with Gasteiger partial charge in [-0.15, -0.1) is 24.0 Å². The van der Waals surface area contributed by atoms with Gasteiger partial charge in [0.2, 0.25) is 5.91 Å². The fraction of sp³-hybridized carbons (Fsp3) is 0.905. The third-order valence-electron chi connectivity index (χ3n) is 6.35. The smallest absolute Gasteiger partial charge is 0.219 e. The first kappa shape index (κ1) is 27.4. The van der Waals surface area contributed by atoms with Gasteiger partial charge in [0.05, 0.1) is 13.2 Å². The maximum atomic E-state index is 11.4. The summed E-state index contributed by atoms with van der Waals surface area (Å²) in [5, 5.41) is 7.02. The van der Waals surface area contributed by atoms with Crippen molar-refractivity contribution in [2.45, 2.75) is 39.7 Å². The van der Waals surface area contributed by atoms with Gasteiger partial charge in [-0.25, -0.2) is 0 Å². The summed E-state index contributed by atoms with van der Waals surface area (Å²) in [4.78, 5) is 22.8. The fourth-order valence-electron chi connectivity index (χ4n) is 4.38. The summed E-state index contributed by atoms with van der Waals surface area (Å²) in [7, 11) is 1.84. The van der Waals surface area contributed by atoms with Crippen LogP contribution in [0.25, 0.3) is 0 Å². The second-order valence-electron chi connectivity index (χ2n) is 8.02. The van der Waals surface area contributed by atoms with Crippen molar-refractivity contribution in [3.8, 4) is 0 Å². The lowest BCUT2D eigenvalue weighted by molar-refractivity contribution is -0.130. The van der Waals surface area contributed by atoms with Crippen LogP contribution >= 0.6 is 24.0 Å². The van der Waals surface area contributed by atoms with E-state index in [1.54, 1.807) is 6.92 Å². The number of amides is 1. The highest BCUT2D eigenvalue weighted by Crippen LogP contribution is 2.19. The SMILES string of the molecule is CCC(CC)C(CNC(=NC)NCCN1CCN(C(C)=O)CC1)N1CCOCC1.I. The first-order valence-electron chi connectivity index (χ1n) is 11.3. The van der Waals surface area contributed by atoms with Gasteiger partial charge in [-0.1, -0.05) is 26.7 Å². The van der Waals surface area contributed by atoms with Gasteiger partial charge < -0.3 is 20.3 Å². The molecule has 1 unspecified atom stereocenters. The second kappa shape index (κ2) is 15.2. The number of guanidine groups is 1. The van der Waals surface area contributed by atoms with Crippen molar-refractivity contribution in [1.29, 1.82) is 0 Å². The van der Waals surface area contributed by atoms with Crippen LogP contribution in [-0.4, -0.2) is 112 Å². The normalized spacial score (nSPS) is 20.0. The van der Waals surface area contributed by atoms with Crippen LogP contribution in [0.1, 0.15) is 33.6 Å². The Bertz CT molecular complexity index is 504. The number of hydrogen-bond donors (Lipinski definition) is 2. The summed E-state index contributed by atoms with van der Waals surface area (Å²) in [6.45, 7) is 16.2. The van der Waals surface area contributed by atoms with Crippen molar-refractivity contribution in [2.24, 2.45) is 10.9 Å². The van der Waals surface area contributed by atoms with Crippen LogP contribution < -0.4 is 10.6 Å². The molecule has 0 aromatic heterocycles. The highest BCUT2D eigenvalue weighted by molar-refractivity contribution is 14.0. The van der Waals surface area contributed by atoms with E-state index in [1.807, 2.05) is 11.9 Å². The van der Waals surface area contributed by atoms with Crippen LogP contribution in [0.2, 0.25) is 0 Å². The molecule has 2 rings (SSSR count). The number of ether oxygens (including phenoxy) is 1. The molecule has 0 aromatic carbocycles. The number of carbonyl (C=O) groups excluding carboxylic acids is 1. The van der Waals surface area contributed by atoms with Gasteiger partial charge in [0.25, 0.3) is 0 Å². The maximum Gasteiger partial charge on any atom is 0.219 e. The number of hydrogen-bond acceptors (Lipinski definition) is 5. The van der Waals surface area contributed by atoms with Crippen molar-refractivity contribution < 1.29 is 9.53 Å². The Hall–Kier alpha value is -0.650. The number of nitrogens with zero attached hydrogens (tertiary/aromatic N) is 4. The van der Waals surface area contributed by atoms with E-state index in [0.717, 1.165) is 78.1 Å². The van der Waals surface area contributed by atoms with Gasteiger partial charge >= 0.3 is 0 Å². The van der Waals surface area contributed by atoms with E-state index in [0.29, 0.717) is 12.0 Å². The van der Waals surface area contributed by atoms with E-state index in [9.17, 15) is 4.79 Å². The molecule has 2 saturated heterocycles. The van der Waals surface area contributed by atoms with Gasteiger partial charge in [0, 0.05) is 78.9 Å². The molecule has 0 spiro atoms. The molecule has 1 amide bonds. The summed E-state index contributed by atoms with van der Waals surface area (Å²) < 4.78 is 5.55. The average molecular weight is 539 g/mol. The lowest BCUT2D eigenvalue weighted by Crippen LogP contribution is -2.54. The molecule has 2 aliphatic heterocycles. The Kier molecular flexibility index (Phi) is 13.9. The molecule has 0 aliphatic carbocycles. The summed E-state index contributed by atoms with van der Waals surface area (Å²) in [5.74, 6) is 1.73. The van der Waals surface area contributed by atoms with E-state index in [1.165, 1.54) is 12.8 Å². The first-order chi connectivity index (χ1) is 14.1. The molecule has 9 heteroatoms. The van der Waals surface area contributed by atoms with Crippen LogP contribution in [0.3, 0.4) is 0 Å². The van der Waals surface area contributed by atoms with Crippen LogP contribution in [0.15, 0.2) is 4.99 Å². The monoisotopic (exact) mass is 538 g/mol. The number of rotatable bonds is 9. The summed E-state index contributed by atoms with van der Waals surface area (Å²) in [5.41, 5.74) is 0. The zero-order chi connectivity index (χ0) is 21.1. The quantitative estimate of drug-likeness (QED) is 0.260. The lowest BCUT2D eigenvalue weighted by Gasteiger charge is -2.39. The molecule has 0 radical (unpaired) electrons. The van der Waals surface area contributed by atoms with Crippen molar-refractivity contribution in [2.75, 3.05) is 79.2 Å². The van der Waals surface area contributed by atoms with Gasteiger partial charge in [-0.2, -0.15) is 0 Å². The minimum absolute atomic E-state index is 0. The van der Waals surface area contributed by atoms with Crippen LogP contribution in [0.5, 0.6) is 0 Å². The highest BCUT2D eigenvalue weighted by Gasteiger charge is 2.27. The molecular formula is C21H43IN6O2. The van der Waals surface area contributed by atoms with Crippen molar-refractivity contribution >= 4 is 35.8 Å². The number of nitrogens with one attached hydrogen (secondary N) is 2. The second-order valence-corrected chi connectivity index (χ2v) is 8.02. The predicted octanol–water partition coefficient (Wildman–Crippen LogP) is 1.07. The zero-order valence-corrected chi connectivity index (χ0v) is 21.7. The van der Waals surface area contributed by atoms with E-state index < -0.39 is 0 Å². The third kappa shape index (κ3) is 8.84. The minimum atomic E-state index is 0. The molecule has 30 heavy (non-hydrogen) atoms. The summed E-state index contributed by atoms with van der Waals surface area (Å²) >= 11 is 0. The maximum absolute atomic E-state index is 11.4. The topological polar surface area (TPSA) is 72.4 Å². The fourth-order valence-corrected chi connectivity index (χ4v) is 4.38. The van der Waals surface area contributed by atoms with Gasteiger partial charge in [0.1, 0.15) is 0 Å². The zero-order valence-electron chi connectivity index (χ0n) is 19.4. The van der Waals surface area contributed by atoms with Crippen molar-refractivity contribution in [3.05, 3.63) is 0 Å². The molecule has 1 atom stereocenters. The largest absolute Gasteiger partial charge is 0.379 e. The number of halogens is 1. The molecule has 176 valence electrons. The average Bonchev–Trinajstić information content (AvgIpc) is 2.76. The van der Waals surface area contributed by atoms with Gasteiger partial charge in [-0.3, -0.25) is 19.6 Å². The third-order valence-corrected chi connectivity index (χ3v) is 6.35. The Labute approximate surface area is 200 Å². The number of piperazine rings is 1. The van der Waals surface area contributed by atoms with Gasteiger partial charge in [-0.05, 0) is 5.92 Å². The molecule has 0 bridgehead atoms. The van der Waals surface area contributed by atoms with Crippen LogP contribution in [-0.2, 0) is 9.53 Å². The molecule has 2 aliphatic rings. The van der Waals surface area contributed by atoms with Crippen LogP contribution in [0, 0.1) is 5.92 Å². The van der Waals surface area contributed by atoms with Crippen molar-refractivity contribution in [1.82, 2.24) is 25.3 Å². The molecule has 2 N–H and O–H groups in total. The number of morpholine rings is 1. The molecule has 0 saturated carbocycles. The Balaban J connectivity index is 0.00000450. The molecule has 8 nitrogen and oxygen atoms in total. The Morgan fingerprint density at radius 3 is 2.20 bits per heavy atom. The highest BCUT2D eigenvalue weighted by atomic mass is 127. The van der Waals surface area contributed by atoms with E-state index in [-0.39, 0.29) is 29.9 Å². The summed E-state index contributed by atoms with van der Waals surface area (Å²) in [6.07, 6.45) is 2.39. The number of aliphatic imine (C=N–C) groups is 1. The lowest BCUT2D eigenvalue weighted by atomic mass is 9.92. The Morgan fingerprint density at radius 1 is 1.03 bits per heavy atom. The predicted molar refractivity (Wildman–Crippen MR) is 134 cm³/mol. The van der Waals surface area contributed by atoms with E-state index >= 15 is 0 Å². The molecule has 0 aromatic rings. The summed E-state index contributed by atoms with van der Waals surface area (Å²) in [6, 6.07) is 0.507. The molecule has 2 fully saturated rings. The minimum Gasteiger partial charge on any atom is -0.379 e. The first-order valence-corrected chi connectivity index (χ1v) is 11.3. The van der Waals surface area contributed by atoms with E-state index in [2.05, 4.69) is 39.3 Å². The van der Waals surface area contributed by atoms with Crippen molar-refractivity contribution in [3.63, 3.8) is 0 Å². The number of carbonyl (C=O) groups is 1. The van der Waals surface area contributed by atoms with E-state index in [4.69, 9.17) is 4.74 Å². The van der Waals surface area contributed by atoms with Crippen LogP contribution in [0.4, 0.5) is 0 Å². The standard InChI is InChI=1S/C21H42N6O2.HI/c1-5-19(6-2)20(27-13-15-29-16-14-27)17-24-21(22-4)23-7-8-25-9-11-26(12-10-25)18(3)28;/h19-20H,5-17H2,1-4H3,(H2,22,23,24);1H. The molecule has 2 heterocycles. The molecular weight excluding hydrogens is 495 g/mol. The Morgan fingerprint density at radius 2 is 1.67 bits per heavy atom. The van der Waals surface area contributed by atoms with Gasteiger partial charge in [0.15, 0.2) is 5.96 Å².